The average Bonchev–Trinajstić information content (AvgIpc) is 3.21. The molecule has 2 aromatic rings. The zero-order chi connectivity index (χ0) is 24.4. The highest BCUT2D eigenvalue weighted by atomic mass is 16.5. The first kappa shape index (κ1) is 23.0. The topological polar surface area (TPSA) is 112 Å². The minimum Gasteiger partial charge on any atom is -0.489 e. The van der Waals surface area contributed by atoms with Crippen LogP contribution >= 0.6 is 0 Å². The Labute approximate surface area is 203 Å². The van der Waals surface area contributed by atoms with Gasteiger partial charge in [0.1, 0.15) is 24.4 Å². The van der Waals surface area contributed by atoms with E-state index in [1.54, 1.807) is 12.1 Å². The lowest BCUT2D eigenvalue weighted by molar-refractivity contribution is -0.136. The van der Waals surface area contributed by atoms with Crippen LogP contribution in [0.4, 0.5) is 0 Å². The first-order valence-electron chi connectivity index (χ1n) is 11.7. The molecule has 9 heteroatoms. The van der Waals surface area contributed by atoms with Crippen molar-refractivity contribution in [3.05, 3.63) is 64.7 Å². The molecule has 0 spiro atoms. The van der Waals surface area contributed by atoms with Crippen molar-refractivity contribution in [1.82, 2.24) is 15.1 Å². The average molecular weight is 475 g/mol. The number of amides is 3. The lowest BCUT2D eigenvalue weighted by Gasteiger charge is -2.30. The van der Waals surface area contributed by atoms with Gasteiger partial charge in [-0.1, -0.05) is 30.3 Å². The number of rotatable bonds is 6. The molecule has 0 radical (unpaired) electrons. The van der Waals surface area contributed by atoms with Crippen LogP contribution in [0, 0.1) is 11.3 Å². The maximum absolute atomic E-state index is 13.0. The Morgan fingerprint density at radius 1 is 1.11 bits per heavy atom. The highest BCUT2D eigenvalue weighted by Crippen LogP contribution is 2.34. The van der Waals surface area contributed by atoms with Gasteiger partial charge in [0, 0.05) is 30.6 Å². The van der Waals surface area contributed by atoms with Gasteiger partial charge in [-0.05, 0) is 29.7 Å². The van der Waals surface area contributed by atoms with E-state index < -0.39 is 11.9 Å². The summed E-state index contributed by atoms with van der Waals surface area (Å²) in [7, 11) is 0. The van der Waals surface area contributed by atoms with E-state index in [1.165, 1.54) is 4.90 Å². The van der Waals surface area contributed by atoms with Crippen molar-refractivity contribution in [2.75, 3.05) is 26.3 Å². The van der Waals surface area contributed by atoms with E-state index in [4.69, 9.17) is 9.47 Å². The first-order chi connectivity index (χ1) is 17.0. The molecule has 2 saturated heterocycles. The molecular formula is C26H26N4O5. The maximum atomic E-state index is 13.0. The SMILES string of the molecule is N#CC(c1ccc(COc2cccc3c2CN([C@H]2CCC(=O)NC2=O)C3=O)cc1)N1CCOCC1. The normalized spacial score (nSPS) is 21.3. The lowest BCUT2D eigenvalue weighted by atomic mass is 10.0. The molecule has 2 aromatic carbocycles. The zero-order valence-corrected chi connectivity index (χ0v) is 19.2. The van der Waals surface area contributed by atoms with Crippen LogP contribution in [-0.2, 0) is 27.5 Å². The number of hydrogen-bond donors (Lipinski definition) is 1. The number of benzene rings is 2. The molecule has 0 saturated carbocycles. The fourth-order valence-corrected chi connectivity index (χ4v) is 4.85. The number of imide groups is 1. The number of hydrogen-bond acceptors (Lipinski definition) is 7. The largest absolute Gasteiger partial charge is 0.489 e. The Kier molecular flexibility index (Phi) is 6.49. The van der Waals surface area contributed by atoms with Crippen LogP contribution in [0.1, 0.15) is 45.9 Å². The van der Waals surface area contributed by atoms with E-state index in [-0.39, 0.29) is 30.8 Å². The predicted octanol–water partition coefficient (Wildman–Crippen LogP) is 1.92. The molecule has 9 nitrogen and oxygen atoms in total. The lowest BCUT2D eigenvalue weighted by Crippen LogP contribution is -2.52. The minimum atomic E-state index is -0.660. The van der Waals surface area contributed by atoms with Crippen LogP contribution in [0.2, 0.25) is 0 Å². The number of ether oxygens (including phenoxy) is 2. The van der Waals surface area contributed by atoms with E-state index >= 15 is 0 Å². The van der Waals surface area contributed by atoms with Gasteiger partial charge in [0.2, 0.25) is 11.8 Å². The van der Waals surface area contributed by atoms with E-state index in [1.807, 2.05) is 30.3 Å². The second-order valence-electron chi connectivity index (χ2n) is 8.89. The smallest absolute Gasteiger partial charge is 0.255 e. The third-order valence-electron chi connectivity index (χ3n) is 6.76. The number of piperidine rings is 1. The molecule has 5 rings (SSSR count). The van der Waals surface area contributed by atoms with Gasteiger partial charge in [-0.15, -0.1) is 0 Å². The Morgan fingerprint density at radius 3 is 2.60 bits per heavy atom. The van der Waals surface area contributed by atoms with Gasteiger partial charge >= 0.3 is 0 Å². The van der Waals surface area contributed by atoms with Gasteiger partial charge in [0.15, 0.2) is 0 Å². The fraction of sp³-hybridized carbons (Fsp3) is 0.385. The van der Waals surface area contributed by atoms with Gasteiger partial charge in [0.05, 0.1) is 25.8 Å². The number of carbonyl (C=O) groups is 3. The molecule has 3 aliphatic heterocycles. The summed E-state index contributed by atoms with van der Waals surface area (Å²) < 4.78 is 11.5. The summed E-state index contributed by atoms with van der Waals surface area (Å²) in [4.78, 5) is 40.4. The van der Waals surface area contributed by atoms with E-state index in [0.717, 1.165) is 29.8 Å². The molecule has 1 N–H and O–H groups in total. The number of morpholine rings is 1. The van der Waals surface area contributed by atoms with Crippen LogP contribution < -0.4 is 10.1 Å². The summed E-state index contributed by atoms with van der Waals surface area (Å²) in [6.07, 6.45) is 0.537. The molecule has 180 valence electrons. The van der Waals surface area contributed by atoms with Crippen molar-refractivity contribution in [3.63, 3.8) is 0 Å². The van der Waals surface area contributed by atoms with Crippen LogP contribution in [0.25, 0.3) is 0 Å². The molecule has 2 fully saturated rings. The Bertz CT molecular complexity index is 1180. The van der Waals surface area contributed by atoms with Gasteiger partial charge in [-0.3, -0.25) is 24.6 Å². The Hall–Kier alpha value is -3.74. The third-order valence-corrected chi connectivity index (χ3v) is 6.76. The molecule has 3 heterocycles. The van der Waals surface area contributed by atoms with Crippen LogP contribution in [0.15, 0.2) is 42.5 Å². The molecule has 3 aliphatic rings. The molecule has 1 unspecified atom stereocenters. The first-order valence-corrected chi connectivity index (χ1v) is 11.7. The quantitative estimate of drug-likeness (QED) is 0.637. The number of nitriles is 1. The van der Waals surface area contributed by atoms with Crippen molar-refractivity contribution in [2.24, 2.45) is 0 Å². The van der Waals surface area contributed by atoms with Crippen LogP contribution in [0.5, 0.6) is 5.75 Å². The fourth-order valence-electron chi connectivity index (χ4n) is 4.85. The number of fused-ring (bicyclic) bond motifs is 1. The summed E-state index contributed by atoms with van der Waals surface area (Å²) in [5.74, 6) is -0.373. The summed E-state index contributed by atoms with van der Waals surface area (Å²) >= 11 is 0. The van der Waals surface area contributed by atoms with Crippen molar-refractivity contribution in [2.45, 2.75) is 38.1 Å². The molecular weight excluding hydrogens is 448 g/mol. The maximum Gasteiger partial charge on any atom is 0.255 e. The van der Waals surface area contributed by atoms with Gasteiger partial charge in [-0.25, -0.2) is 0 Å². The van der Waals surface area contributed by atoms with Crippen LogP contribution in [0.3, 0.4) is 0 Å². The summed E-state index contributed by atoms with van der Waals surface area (Å²) in [6.45, 7) is 3.30. The van der Waals surface area contributed by atoms with E-state index in [2.05, 4.69) is 16.3 Å². The second kappa shape index (κ2) is 9.86. The van der Waals surface area contributed by atoms with Crippen molar-refractivity contribution in [3.8, 4) is 11.8 Å². The highest BCUT2D eigenvalue weighted by Gasteiger charge is 2.40. The molecule has 0 aliphatic carbocycles. The standard InChI is InChI=1S/C26H26N4O5/c27-14-22(29-10-12-34-13-11-29)18-6-4-17(5-7-18)16-35-23-3-1-2-19-20(23)15-30(26(19)33)21-8-9-24(31)28-25(21)32/h1-7,21-22H,8-13,15-16H2,(H,28,31,32)/t21-,22?/m0/s1. The van der Waals surface area contributed by atoms with Crippen LogP contribution in [-0.4, -0.2) is 59.9 Å². The molecule has 35 heavy (non-hydrogen) atoms. The Morgan fingerprint density at radius 2 is 1.89 bits per heavy atom. The van der Waals surface area contributed by atoms with Gasteiger partial charge < -0.3 is 14.4 Å². The molecule has 2 atom stereocenters. The third kappa shape index (κ3) is 4.63. The predicted molar refractivity (Wildman–Crippen MR) is 124 cm³/mol. The molecule has 3 amide bonds. The summed E-state index contributed by atoms with van der Waals surface area (Å²) in [5.41, 5.74) is 3.14. The minimum absolute atomic E-state index is 0.216. The molecule has 0 bridgehead atoms. The zero-order valence-electron chi connectivity index (χ0n) is 19.2. The van der Waals surface area contributed by atoms with Gasteiger partial charge in [-0.2, -0.15) is 5.26 Å². The monoisotopic (exact) mass is 474 g/mol. The van der Waals surface area contributed by atoms with E-state index in [0.29, 0.717) is 37.6 Å². The van der Waals surface area contributed by atoms with Crippen molar-refractivity contribution in [1.29, 1.82) is 5.26 Å². The summed E-state index contributed by atoms with van der Waals surface area (Å²) in [6, 6.07) is 14.5. The number of nitrogens with zero attached hydrogens (tertiary/aromatic N) is 3. The Balaban J connectivity index is 1.26. The number of nitrogens with one attached hydrogen (secondary N) is 1. The number of carbonyl (C=O) groups excluding carboxylic acids is 3. The summed E-state index contributed by atoms with van der Waals surface area (Å²) in [5, 5.41) is 12.0. The second-order valence-corrected chi connectivity index (χ2v) is 8.89. The van der Waals surface area contributed by atoms with Crippen molar-refractivity contribution < 1.29 is 23.9 Å². The molecule has 0 aromatic heterocycles. The van der Waals surface area contributed by atoms with E-state index in [9.17, 15) is 19.6 Å². The van der Waals surface area contributed by atoms with Gasteiger partial charge in [0.25, 0.3) is 5.91 Å². The van der Waals surface area contributed by atoms with Crippen molar-refractivity contribution >= 4 is 17.7 Å². The highest BCUT2D eigenvalue weighted by molar-refractivity contribution is 6.05.